The first kappa shape index (κ1) is 14.6. The van der Waals surface area contributed by atoms with Crippen molar-refractivity contribution in [2.75, 3.05) is 19.6 Å². The fraction of sp³-hybridized carbons (Fsp3) is 0.750. The number of hydrogen-bond acceptors (Lipinski definition) is 2. The molecular formula is C8H16Cl2N2. The summed E-state index contributed by atoms with van der Waals surface area (Å²) in [5.74, 6) is 2.64. The van der Waals surface area contributed by atoms with Crippen LogP contribution in [0, 0.1) is 12.3 Å². The Morgan fingerprint density at radius 2 is 1.83 bits per heavy atom. The van der Waals surface area contributed by atoms with E-state index in [1.165, 1.54) is 0 Å². The van der Waals surface area contributed by atoms with E-state index in [4.69, 9.17) is 12.2 Å². The molecule has 0 atom stereocenters. The summed E-state index contributed by atoms with van der Waals surface area (Å²) < 4.78 is 0. The number of terminal acetylenes is 1. The van der Waals surface area contributed by atoms with Crippen LogP contribution >= 0.6 is 24.8 Å². The Kier molecular flexibility index (Phi) is 9.35. The van der Waals surface area contributed by atoms with Gasteiger partial charge in [0.2, 0.25) is 0 Å². The van der Waals surface area contributed by atoms with Gasteiger partial charge in [-0.3, -0.25) is 4.90 Å². The molecule has 0 aromatic carbocycles. The number of nitrogens with zero attached hydrogens (tertiary/aromatic N) is 1. The number of halogens is 2. The zero-order valence-corrected chi connectivity index (χ0v) is 8.66. The lowest BCUT2D eigenvalue weighted by atomic mass is 10.1. The zero-order valence-electron chi connectivity index (χ0n) is 7.03. The molecule has 4 heteroatoms. The van der Waals surface area contributed by atoms with Crippen LogP contribution in [-0.4, -0.2) is 30.6 Å². The lowest BCUT2D eigenvalue weighted by Gasteiger charge is -2.28. The van der Waals surface area contributed by atoms with Crippen molar-refractivity contribution in [2.45, 2.75) is 18.9 Å². The number of piperidine rings is 1. The van der Waals surface area contributed by atoms with Crippen molar-refractivity contribution in [1.29, 1.82) is 0 Å². The van der Waals surface area contributed by atoms with Gasteiger partial charge in [-0.2, -0.15) is 0 Å². The van der Waals surface area contributed by atoms with Crippen molar-refractivity contribution in [2.24, 2.45) is 5.73 Å². The van der Waals surface area contributed by atoms with E-state index in [0.29, 0.717) is 6.04 Å². The average molecular weight is 211 g/mol. The summed E-state index contributed by atoms with van der Waals surface area (Å²) in [6, 6.07) is 0.411. The topological polar surface area (TPSA) is 29.3 Å². The summed E-state index contributed by atoms with van der Waals surface area (Å²) in [7, 11) is 0. The minimum Gasteiger partial charge on any atom is -0.328 e. The van der Waals surface area contributed by atoms with Crippen LogP contribution < -0.4 is 5.73 Å². The number of hydrogen-bond donors (Lipinski definition) is 1. The molecule has 2 N–H and O–H groups in total. The van der Waals surface area contributed by atoms with Gasteiger partial charge in [-0.25, -0.2) is 0 Å². The van der Waals surface area contributed by atoms with Crippen molar-refractivity contribution >= 4 is 24.8 Å². The summed E-state index contributed by atoms with van der Waals surface area (Å²) >= 11 is 0. The van der Waals surface area contributed by atoms with Crippen LogP contribution in [0.1, 0.15) is 12.8 Å². The van der Waals surface area contributed by atoms with Crippen molar-refractivity contribution in [1.82, 2.24) is 4.90 Å². The Labute approximate surface area is 86.7 Å². The van der Waals surface area contributed by atoms with Gasteiger partial charge < -0.3 is 5.73 Å². The summed E-state index contributed by atoms with van der Waals surface area (Å²) in [4.78, 5) is 2.27. The Bertz CT molecular complexity index is 136. The molecule has 0 amide bonds. The Morgan fingerprint density at radius 3 is 2.25 bits per heavy atom. The van der Waals surface area contributed by atoms with Gasteiger partial charge in [-0.1, -0.05) is 5.92 Å². The van der Waals surface area contributed by atoms with E-state index in [-0.39, 0.29) is 24.8 Å². The third-order valence-electron chi connectivity index (χ3n) is 1.95. The van der Waals surface area contributed by atoms with E-state index in [1.807, 2.05) is 0 Å². The highest BCUT2D eigenvalue weighted by Crippen LogP contribution is 2.06. The minimum atomic E-state index is 0. The highest BCUT2D eigenvalue weighted by atomic mass is 35.5. The number of nitrogens with two attached hydrogens (primary N) is 1. The largest absolute Gasteiger partial charge is 0.328 e. The van der Waals surface area contributed by atoms with Crippen LogP contribution in [0.3, 0.4) is 0 Å². The fourth-order valence-corrected chi connectivity index (χ4v) is 1.24. The lowest BCUT2D eigenvalue weighted by Crippen LogP contribution is -2.39. The molecule has 0 aromatic rings. The highest BCUT2D eigenvalue weighted by molar-refractivity contribution is 5.85. The molecule has 0 aromatic heterocycles. The van der Waals surface area contributed by atoms with Gasteiger partial charge in [-0.05, 0) is 12.8 Å². The van der Waals surface area contributed by atoms with E-state index >= 15 is 0 Å². The summed E-state index contributed by atoms with van der Waals surface area (Å²) in [5.41, 5.74) is 5.71. The predicted octanol–water partition coefficient (Wildman–Crippen LogP) is 0.886. The van der Waals surface area contributed by atoms with Gasteiger partial charge in [0.1, 0.15) is 0 Å². The van der Waals surface area contributed by atoms with Crippen LogP contribution in [-0.2, 0) is 0 Å². The van der Waals surface area contributed by atoms with Crippen LogP contribution in [0.4, 0.5) is 0 Å². The standard InChI is InChI=1S/C8H14N2.2ClH/c1-2-5-10-6-3-8(9)4-7-10;;/h1,8H,3-7,9H2;2*1H. The molecule has 0 radical (unpaired) electrons. The monoisotopic (exact) mass is 210 g/mol. The van der Waals surface area contributed by atoms with Crippen LogP contribution in [0.5, 0.6) is 0 Å². The van der Waals surface area contributed by atoms with Crippen molar-refractivity contribution < 1.29 is 0 Å². The maximum Gasteiger partial charge on any atom is 0.0598 e. The second-order valence-corrected chi connectivity index (χ2v) is 2.82. The smallest absolute Gasteiger partial charge is 0.0598 e. The number of likely N-dealkylation sites (tertiary alicyclic amines) is 1. The molecule has 1 aliphatic heterocycles. The highest BCUT2D eigenvalue weighted by Gasteiger charge is 2.13. The maximum atomic E-state index is 5.71. The molecule has 1 fully saturated rings. The van der Waals surface area contributed by atoms with E-state index < -0.39 is 0 Å². The SMILES string of the molecule is C#CCN1CCC(N)CC1.Cl.Cl. The lowest BCUT2D eigenvalue weighted by molar-refractivity contribution is 0.237. The molecule has 0 unspecified atom stereocenters. The van der Waals surface area contributed by atoms with Crippen molar-refractivity contribution in [3.63, 3.8) is 0 Å². The van der Waals surface area contributed by atoms with Gasteiger partial charge in [0.05, 0.1) is 6.54 Å². The molecule has 72 valence electrons. The third kappa shape index (κ3) is 4.84. The molecule has 0 aliphatic carbocycles. The summed E-state index contributed by atoms with van der Waals surface area (Å²) in [6.45, 7) is 2.93. The zero-order chi connectivity index (χ0) is 7.40. The normalized spacial score (nSPS) is 18.7. The van der Waals surface area contributed by atoms with Crippen LogP contribution in [0.15, 0.2) is 0 Å². The fourth-order valence-electron chi connectivity index (χ4n) is 1.24. The Morgan fingerprint density at radius 1 is 1.33 bits per heavy atom. The first-order valence-electron chi connectivity index (χ1n) is 3.74. The van der Waals surface area contributed by atoms with Gasteiger partial charge in [0.25, 0.3) is 0 Å². The summed E-state index contributed by atoms with van der Waals surface area (Å²) in [5, 5.41) is 0. The molecule has 1 heterocycles. The van der Waals surface area contributed by atoms with Crippen LogP contribution in [0.25, 0.3) is 0 Å². The minimum absolute atomic E-state index is 0. The summed E-state index contributed by atoms with van der Waals surface area (Å²) in [6.07, 6.45) is 7.37. The molecule has 1 aliphatic rings. The molecular weight excluding hydrogens is 195 g/mol. The quantitative estimate of drug-likeness (QED) is 0.652. The van der Waals surface area contributed by atoms with Gasteiger partial charge in [0.15, 0.2) is 0 Å². The van der Waals surface area contributed by atoms with E-state index in [9.17, 15) is 0 Å². The molecule has 2 nitrogen and oxygen atoms in total. The van der Waals surface area contributed by atoms with Gasteiger partial charge in [-0.15, -0.1) is 31.2 Å². The molecule has 0 saturated carbocycles. The van der Waals surface area contributed by atoms with Crippen molar-refractivity contribution in [3.05, 3.63) is 0 Å². The molecule has 0 bridgehead atoms. The predicted molar refractivity (Wildman–Crippen MR) is 57.0 cm³/mol. The van der Waals surface area contributed by atoms with Gasteiger partial charge >= 0.3 is 0 Å². The molecule has 1 saturated heterocycles. The second kappa shape index (κ2) is 7.70. The second-order valence-electron chi connectivity index (χ2n) is 2.82. The number of rotatable bonds is 1. The molecule has 12 heavy (non-hydrogen) atoms. The van der Waals surface area contributed by atoms with E-state index in [0.717, 1.165) is 32.5 Å². The van der Waals surface area contributed by atoms with Gasteiger partial charge in [0, 0.05) is 19.1 Å². The van der Waals surface area contributed by atoms with Crippen LogP contribution in [0.2, 0.25) is 0 Å². The first-order valence-corrected chi connectivity index (χ1v) is 3.74. The van der Waals surface area contributed by atoms with E-state index in [2.05, 4.69) is 10.8 Å². The third-order valence-corrected chi connectivity index (χ3v) is 1.95. The Balaban J connectivity index is 0. The van der Waals surface area contributed by atoms with E-state index in [1.54, 1.807) is 0 Å². The maximum absolute atomic E-state index is 5.71. The van der Waals surface area contributed by atoms with Crippen molar-refractivity contribution in [3.8, 4) is 12.3 Å². The Hall–Kier alpha value is 0.0600. The molecule has 0 spiro atoms. The first-order chi connectivity index (χ1) is 4.83. The average Bonchev–Trinajstić information content (AvgIpc) is 1.95. The molecule has 1 rings (SSSR count).